The van der Waals surface area contributed by atoms with Crippen LogP contribution < -0.4 is 9.61 Å². The molecule has 0 aliphatic carbocycles. The topological polar surface area (TPSA) is 86.3 Å². The number of esters is 1. The summed E-state index contributed by atoms with van der Waals surface area (Å²) in [6.07, 6.45) is -0.590. The molecule has 152 valence electrons. The number of carbonyl (C=O) groups is 1. The molecule has 9 heteroatoms. The number of nitrogens with one attached hydrogen (secondary N) is 1. The molecule has 1 heterocycles. The van der Waals surface area contributed by atoms with Crippen LogP contribution in [-0.2, 0) is 37.6 Å². The molecule has 27 heavy (non-hydrogen) atoms. The van der Waals surface area contributed by atoms with Gasteiger partial charge in [0.15, 0.2) is 0 Å². The molecule has 2 N–H and O–H groups in total. The fraction of sp³-hybridized carbons (Fsp3) is 0.611. The van der Waals surface area contributed by atoms with Crippen molar-refractivity contribution in [1.29, 1.82) is 0 Å². The molecule has 0 aromatic heterocycles. The maximum atomic E-state index is 12.2. The van der Waals surface area contributed by atoms with Crippen LogP contribution in [0, 0.1) is 0 Å². The Labute approximate surface area is 171 Å². The third kappa shape index (κ3) is 7.41. The molecule has 1 fully saturated rings. The predicted octanol–water partition coefficient (Wildman–Crippen LogP) is 2.77. The Bertz CT molecular complexity index is 659. The van der Waals surface area contributed by atoms with Crippen LogP contribution in [-0.4, -0.2) is 48.1 Å². The average Bonchev–Trinajstić information content (AvgIpc) is 2.91. The summed E-state index contributed by atoms with van der Waals surface area (Å²) in [7, 11) is 0. The van der Waals surface area contributed by atoms with Gasteiger partial charge in [-0.15, -0.1) is 0 Å². The molecule has 1 unspecified atom stereocenters. The minimum atomic E-state index is -2.60. The quantitative estimate of drug-likeness (QED) is 0.350. The van der Waals surface area contributed by atoms with Crippen LogP contribution in [0.2, 0.25) is 0 Å². The van der Waals surface area contributed by atoms with E-state index in [4.69, 9.17) is 18.5 Å². The molecule has 2 rings (SSSR count). The van der Waals surface area contributed by atoms with Crippen molar-refractivity contribution in [2.24, 2.45) is 0 Å². The van der Waals surface area contributed by atoms with E-state index in [1.54, 1.807) is 20.8 Å². The molecule has 0 bridgehead atoms. The fourth-order valence-corrected chi connectivity index (χ4v) is 7.38. The second kappa shape index (κ2) is 10.3. The van der Waals surface area contributed by atoms with E-state index in [0.717, 1.165) is 18.8 Å². The van der Waals surface area contributed by atoms with Gasteiger partial charge in [0.1, 0.15) is 0 Å². The summed E-state index contributed by atoms with van der Waals surface area (Å²) >= 11 is 1.03. The molecule has 1 aromatic rings. The van der Waals surface area contributed by atoms with Gasteiger partial charge in [-0.05, 0) is 0 Å². The molecule has 1 aromatic carbocycles. The number of aliphatic hydroxyl groups excluding tert-OH is 1. The van der Waals surface area contributed by atoms with Crippen LogP contribution in [0.3, 0.4) is 0 Å². The summed E-state index contributed by atoms with van der Waals surface area (Å²) in [5.41, 5.74) is -2.60. The average molecular weight is 569 g/mol. The number of para-hydroxylation sites is 1. The van der Waals surface area contributed by atoms with Crippen molar-refractivity contribution in [2.45, 2.75) is 64.6 Å². The van der Waals surface area contributed by atoms with Gasteiger partial charge < -0.3 is 0 Å². The minimum absolute atomic E-state index is 0.00604. The molecule has 0 radical (unpaired) electrons. The molecule has 1 aliphatic rings. The Balaban J connectivity index is 2.07. The number of benzene rings is 1. The molecule has 5 atom stereocenters. The maximum absolute atomic E-state index is 12.2. The zero-order valence-electron chi connectivity index (χ0n) is 16.0. The van der Waals surface area contributed by atoms with Gasteiger partial charge in [0, 0.05) is 0 Å². The van der Waals surface area contributed by atoms with Gasteiger partial charge in [-0.3, -0.25) is 0 Å². The molecule has 0 amide bonds. The Kier molecular flexibility index (Phi) is 8.66. The molecule has 7 nitrogen and oxygen atoms in total. The molecule has 0 saturated carbocycles. The third-order valence-corrected chi connectivity index (χ3v) is 8.56. The van der Waals surface area contributed by atoms with Crippen molar-refractivity contribution in [1.82, 2.24) is 5.09 Å². The summed E-state index contributed by atoms with van der Waals surface area (Å²) < 4.78 is 23.2. The van der Waals surface area contributed by atoms with Crippen LogP contribution >= 0.6 is 5.50 Å². The van der Waals surface area contributed by atoms with Crippen molar-refractivity contribution in [3.05, 3.63) is 30.3 Å². The van der Waals surface area contributed by atoms with Gasteiger partial charge in [0.2, 0.25) is 0 Å². The third-order valence-electron chi connectivity index (χ3n) is 3.84. The van der Waals surface area contributed by atoms with Crippen LogP contribution in [0.5, 0.6) is 5.75 Å². The molecule has 1 aliphatic heterocycles. The summed E-state index contributed by atoms with van der Waals surface area (Å²) in [5, 5.41) is 13.3. The molecular weight excluding hydrogens is 541 g/mol. The zero-order chi connectivity index (χ0) is 20.0. The monoisotopic (exact) mass is 569 g/mol. The van der Waals surface area contributed by atoms with Crippen molar-refractivity contribution in [3.8, 4) is 5.75 Å². The van der Waals surface area contributed by atoms with E-state index in [9.17, 15) is 9.90 Å². The molecule has 1 saturated heterocycles. The fourth-order valence-electron chi connectivity index (χ4n) is 2.59. The Morgan fingerprint density at radius 2 is 2.04 bits per heavy atom. The molecular formula is C18H28NO6PW. The van der Waals surface area contributed by atoms with E-state index in [1.165, 1.54) is 0 Å². The van der Waals surface area contributed by atoms with Gasteiger partial charge in [-0.2, -0.15) is 0 Å². The number of hydrogen-bond donors (Lipinski definition) is 2. The first-order valence-electron chi connectivity index (χ1n) is 8.99. The summed E-state index contributed by atoms with van der Waals surface area (Å²) in [5.74, 6) is 0.292. The number of carbonyl (C=O) groups excluding carboxylic acids is 1. The standard InChI is InChI=1S/C18H28NO6P.W/c1-12(2)23-18(21)14(4)19-26(25-15-8-6-5-7-9-15)22-11-17-16(20)10-13(3)24-17;/h5-9,12-14,16-17,19-20H,10-11H2,1-4H3;/t13-,14+,16-,17+,26?;/m0./s1. The van der Waals surface area contributed by atoms with E-state index >= 15 is 0 Å². The number of rotatable bonds is 9. The van der Waals surface area contributed by atoms with Crippen LogP contribution in [0.4, 0.5) is 0 Å². The first-order valence-corrected chi connectivity index (χ1v) is 14.5. The van der Waals surface area contributed by atoms with Crippen molar-refractivity contribution in [3.63, 3.8) is 0 Å². The Morgan fingerprint density at radius 3 is 2.59 bits per heavy atom. The van der Waals surface area contributed by atoms with Gasteiger partial charge in [0.05, 0.1) is 0 Å². The van der Waals surface area contributed by atoms with Gasteiger partial charge >= 0.3 is 171 Å². The molecule has 0 spiro atoms. The number of hydrogen-bond acceptors (Lipinski definition) is 7. The Hall–Kier alpha value is -0.552. The first-order chi connectivity index (χ1) is 12.7. The van der Waals surface area contributed by atoms with E-state index in [0.29, 0.717) is 12.2 Å². The van der Waals surface area contributed by atoms with Gasteiger partial charge in [-0.1, -0.05) is 0 Å². The Morgan fingerprint density at radius 1 is 1.37 bits per heavy atom. The van der Waals surface area contributed by atoms with Crippen LogP contribution in [0.15, 0.2) is 30.3 Å². The van der Waals surface area contributed by atoms with E-state index in [-0.39, 0.29) is 24.8 Å². The predicted molar refractivity (Wildman–Crippen MR) is 98.7 cm³/mol. The summed E-state index contributed by atoms with van der Waals surface area (Å²) in [6.45, 7) is 7.45. The number of aliphatic hydroxyl groups is 1. The van der Waals surface area contributed by atoms with Crippen molar-refractivity contribution >= 4 is 11.5 Å². The van der Waals surface area contributed by atoms with E-state index in [1.807, 2.05) is 37.3 Å². The summed E-state index contributed by atoms with van der Waals surface area (Å²) in [6, 6.07) is 8.73. The van der Waals surface area contributed by atoms with E-state index < -0.39 is 23.8 Å². The number of ether oxygens (including phenoxy) is 2. The second-order valence-electron chi connectivity index (χ2n) is 6.82. The SMILES string of the molecule is CC(C)OC(=O)[C@@H](C)N[P](=[W])(OC[C@H]1O[C@@H](C)C[C@@H]1O)Oc1ccccc1. The van der Waals surface area contributed by atoms with Crippen molar-refractivity contribution < 1.29 is 47.2 Å². The van der Waals surface area contributed by atoms with Gasteiger partial charge in [-0.25, -0.2) is 0 Å². The van der Waals surface area contributed by atoms with Crippen LogP contribution in [0.1, 0.15) is 34.1 Å². The van der Waals surface area contributed by atoms with Crippen molar-refractivity contribution in [2.75, 3.05) is 6.61 Å². The normalized spacial score (nSPS) is 25.8. The summed E-state index contributed by atoms with van der Waals surface area (Å²) in [4.78, 5) is 12.2. The van der Waals surface area contributed by atoms with Gasteiger partial charge in [0.25, 0.3) is 0 Å². The van der Waals surface area contributed by atoms with Crippen LogP contribution in [0.25, 0.3) is 0 Å². The first kappa shape index (κ1) is 22.7. The second-order valence-corrected chi connectivity index (χ2v) is 13.7. The zero-order valence-corrected chi connectivity index (χ0v) is 19.9. The van der Waals surface area contributed by atoms with E-state index in [2.05, 4.69) is 5.09 Å².